The molecule has 1 rings (SSSR count). The van der Waals surface area contributed by atoms with Crippen LogP contribution in [0.4, 0.5) is 0 Å². The first kappa shape index (κ1) is 11.7. The normalized spacial score (nSPS) is 9.75. The molecule has 0 bridgehead atoms. The zero-order chi connectivity index (χ0) is 12.3. The van der Waals surface area contributed by atoms with Crippen LogP contribution in [0.15, 0.2) is 18.2 Å². The van der Waals surface area contributed by atoms with Gasteiger partial charge in [0.1, 0.15) is 0 Å². The lowest BCUT2D eigenvalue weighted by atomic mass is 10.0. The maximum atomic E-state index is 10.8. The molecule has 0 saturated heterocycles. The summed E-state index contributed by atoms with van der Waals surface area (Å²) in [4.78, 5) is 32.1. The Morgan fingerprint density at radius 1 is 1.12 bits per heavy atom. The van der Waals surface area contributed by atoms with E-state index in [1.165, 1.54) is 0 Å². The van der Waals surface area contributed by atoms with Gasteiger partial charge < -0.3 is 15.9 Å². The SMILES string of the molecule is NC(=O)Cc1cc(C(=O)O)ccc1C(=O)O. The second-order valence-corrected chi connectivity index (χ2v) is 3.13. The van der Waals surface area contributed by atoms with E-state index in [1.54, 1.807) is 0 Å². The first-order valence-corrected chi connectivity index (χ1v) is 4.29. The Morgan fingerprint density at radius 2 is 1.75 bits per heavy atom. The number of primary amides is 1. The second-order valence-electron chi connectivity index (χ2n) is 3.13. The summed E-state index contributed by atoms with van der Waals surface area (Å²) in [5.74, 6) is -3.14. The molecule has 1 aromatic carbocycles. The number of amides is 1. The van der Waals surface area contributed by atoms with E-state index >= 15 is 0 Å². The third-order valence-electron chi connectivity index (χ3n) is 1.95. The molecule has 0 unspecified atom stereocenters. The van der Waals surface area contributed by atoms with Crippen LogP contribution in [0, 0.1) is 0 Å². The van der Waals surface area contributed by atoms with E-state index in [0.29, 0.717) is 0 Å². The molecule has 16 heavy (non-hydrogen) atoms. The van der Waals surface area contributed by atoms with Crippen LogP contribution in [0.2, 0.25) is 0 Å². The summed E-state index contributed by atoms with van der Waals surface area (Å²) in [5, 5.41) is 17.5. The van der Waals surface area contributed by atoms with E-state index in [1.807, 2.05) is 0 Å². The predicted octanol–water partition coefficient (Wildman–Crippen LogP) is 0.111. The van der Waals surface area contributed by atoms with Gasteiger partial charge in [0.25, 0.3) is 0 Å². The summed E-state index contributed by atoms with van der Waals surface area (Å²) in [6.07, 6.45) is -0.303. The van der Waals surface area contributed by atoms with Crippen LogP contribution in [0.5, 0.6) is 0 Å². The predicted molar refractivity (Wildman–Crippen MR) is 53.3 cm³/mol. The summed E-state index contributed by atoms with van der Waals surface area (Å²) in [5.41, 5.74) is 4.83. The average molecular weight is 223 g/mol. The number of benzene rings is 1. The maximum Gasteiger partial charge on any atom is 0.335 e. The van der Waals surface area contributed by atoms with Crippen molar-refractivity contribution in [2.24, 2.45) is 5.73 Å². The fourth-order valence-electron chi connectivity index (χ4n) is 1.27. The van der Waals surface area contributed by atoms with Gasteiger partial charge in [0.2, 0.25) is 5.91 Å². The Kier molecular flexibility index (Phi) is 3.24. The van der Waals surface area contributed by atoms with Gasteiger partial charge in [0.15, 0.2) is 0 Å². The molecule has 0 aliphatic heterocycles. The van der Waals surface area contributed by atoms with Crippen molar-refractivity contribution in [2.45, 2.75) is 6.42 Å². The molecule has 0 heterocycles. The maximum absolute atomic E-state index is 10.8. The van der Waals surface area contributed by atoms with Gasteiger partial charge in [-0.15, -0.1) is 0 Å². The van der Waals surface area contributed by atoms with Crippen LogP contribution >= 0.6 is 0 Å². The van der Waals surface area contributed by atoms with Gasteiger partial charge in [-0.3, -0.25) is 4.79 Å². The molecular formula is C10H9NO5. The highest BCUT2D eigenvalue weighted by Gasteiger charge is 2.14. The van der Waals surface area contributed by atoms with Crippen LogP contribution in [0.3, 0.4) is 0 Å². The number of rotatable bonds is 4. The number of nitrogens with two attached hydrogens (primary N) is 1. The standard InChI is InChI=1S/C10H9NO5/c11-8(12)4-6-3-5(9(13)14)1-2-7(6)10(15)16/h1-3H,4H2,(H2,11,12)(H,13,14)(H,15,16). The summed E-state index contributed by atoms with van der Waals surface area (Å²) in [6.45, 7) is 0. The Bertz CT molecular complexity index is 466. The first-order valence-electron chi connectivity index (χ1n) is 4.29. The second kappa shape index (κ2) is 4.43. The molecule has 6 heteroatoms. The lowest BCUT2D eigenvalue weighted by Crippen LogP contribution is -2.16. The van der Waals surface area contributed by atoms with E-state index in [-0.39, 0.29) is 23.1 Å². The number of carboxylic acid groups (broad SMARTS) is 2. The van der Waals surface area contributed by atoms with E-state index in [4.69, 9.17) is 15.9 Å². The molecule has 1 aromatic rings. The molecule has 0 saturated carbocycles. The molecule has 0 radical (unpaired) electrons. The van der Waals surface area contributed by atoms with Crippen LogP contribution < -0.4 is 5.73 Å². The molecule has 84 valence electrons. The van der Waals surface area contributed by atoms with Gasteiger partial charge in [-0.05, 0) is 23.8 Å². The largest absolute Gasteiger partial charge is 0.478 e. The summed E-state index contributed by atoms with van der Waals surface area (Å²) < 4.78 is 0. The minimum absolute atomic E-state index is 0.0822. The average Bonchev–Trinajstić information content (AvgIpc) is 2.15. The van der Waals surface area contributed by atoms with Gasteiger partial charge >= 0.3 is 11.9 Å². The first-order chi connectivity index (χ1) is 7.41. The molecule has 0 aromatic heterocycles. The van der Waals surface area contributed by atoms with Crippen molar-refractivity contribution in [3.8, 4) is 0 Å². The molecule has 4 N–H and O–H groups in total. The molecular weight excluding hydrogens is 214 g/mol. The molecule has 1 amide bonds. The van der Waals surface area contributed by atoms with E-state index in [2.05, 4.69) is 0 Å². The Labute approximate surface area is 90.3 Å². The highest BCUT2D eigenvalue weighted by molar-refractivity contribution is 5.94. The lowest BCUT2D eigenvalue weighted by Gasteiger charge is -2.05. The monoisotopic (exact) mass is 223 g/mol. The third kappa shape index (κ3) is 2.57. The van der Waals surface area contributed by atoms with Crippen molar-refractivity contribution in [1.82, 2.24) is 0 Å². The molecule has 0 fully saturated rings. The van der Waals surface area contributed by atoms with Crippen LogP contribution in [-0.4, -0.2) is 28.1 Å². The Morgan fingerprint density at radius 3 is 2.19 bits per heavy atom. The van der Waals surface area contributed by atoms with Gasteiger partial charge in [-0.1, -0.05) is 0 Å². The summed E-state index contributed by atoms with van der Waals surface area (Å²) in [6, 6.07) is 3.44. The number of aromatic carboxylic acids is 2. The molecule has 0 spiro atoms. The van der Waals surface area contributed by atoms with Crippen molar-refractivity contribution >= 4 is 17.8 Å². The molecule has 0 atom stereocenters. The van der Waals surface area contributed by atoms with Gasteiger partial charge in [-0.2, -0.15) is 0 Å². The Hall–Kier alpha value is -2.37. The summed E-state index contributed by atoms with van der Waals surface area (Å²) in [7, 11) is 0. The van der Waals surface area contributed by atoms with Crippen molar-refractivity contribution in [3.63, 3.8) is 0 Å². The van der Waals surface area contributed by atoms with Crippen molar-refractivity contribution in [2.75, 3.05) is 0 Å². The van der Waals surface area contributed by atoms with Gasteiger partial charge in [0.05, 0.1) is 17.5 Å². The van der Waals surface area contributed by atoms with E-state index in [0.717, 1.165) is 18.2 Å². The topological polar surface area (TPSA) is 118 Å². The van der Waals surface area contributed by atoms with Crippen LogP contribution in [0.1, 0.15) is 26.3 Å². The third-order valence-corrected chi connectivity index (χ3v) is 1.95. The number of hydrogen-bond acceptors (Lipinski definition) is 3. The van der Waals surface area contributed by atoms with Gasteiger partial charge in [0, 0.05) is 0 Å². The van der Waals surface area contributed by atoms with Crippen molar-refractivity contribution < 1.29 is 24.6 Å². The fourth-order valence-corrected chi connectivity index (χ4v) is 1.27. The number of carbonyl (C=O) groups is 3. The van der Waals surface area contributed by atoms with Crippen molar-refractivity contribution in [3.05, 3.63) is 34.9 Å². The van der Waals surface area contributed by atoms with Gasteiger partial charge in [-0.25, -0.2) is 9.59 Å². The summed E-state index contributed by atoms with van der Waals surface area (Å²) >= 11 is 0. The van der Waals surface area contributed by atoms with Crippen molar-refractivity contribution in [1.29, 1.82) is 0 Å². The number of carboxylic acids is 2. The molecule has 0 aliphatic rings. The van der Waals surface area contributed by atoms with Crippen LogP contribution in [-0.2, 0) is 11.2 Å². The molecule has 6 nitrogen and oxygen atoms in total. The number of hydrogen-bond donors (Lipinski definition) is 3. The van der Waals surface area contributed by atoms with E-state index < -0.39 is 17.8 Å². The highest BCUT2D eigenvalue weighted by atomic mass is 16.4. The molecule has 0 aliphatic carbocycles. The van der Waals surface area contributed by atoms with E-state index in [9.17, 15) is 14.4 Å². The smallest absolute Gasteiger partial charge is 0.335 e. The minimum Gasteiger partial charge on any atom is -0.478 e. The lowest BCUT2D eigenvalue weighted by molar-refractivity contribution is -0.117. The zero-order valence-corrected chi connectivity index (χ0v) is 8.14. The zero-order valence-electron chi connectivity index (χ0n) is 8.14. The quantitative estimate of drug-likeness (QED) is 0.669. The Balaban J connectivity index is 3.26. The number of carbonyl (C=O) groups excluding carboxylic acids is 1. The fraction of sp³-hybridized carbons (Fsp3) is 0.100. The highest BCUT2D eigenvalue weighted by Crippen LogP contribution is 2.13. The van der Waals surface area contributed by atoms with Crippen LogP contribution in [0.25, 0.3) is 0 Å². The minimum atomic E-state index is -1.23.